The maximum absolute atomic E-state index is 14.7. The van der Waals surface area contributed by atoms with E-state index in [0.29, 0.717) is 17.7 Å². The molecule has 1 amide bonds. The fourth-order valence-corrected chi connectivity index (χ4v) is 6.99. The van der Waals surface area contributed by atoms with Crippen LogP contribution in [-0.4, -0.2) is 58.6 Å². The Kier molecular flexibility index (Phi) is 5.87. The summed E-state index contributed by atoms with van der Waals surface area (Å²) in [4.78, 5) is 58.6. The number of carbonyl (C=O) groups excluding carboxylic acids is 4. The van der Waals surface area contributed by atoms with Gasteiger partial charge in [-0.2, -0.15) is 0 Å². The van der Waals surface area contributed by atoms with Crippen molar-refractivity contribution in [3.63, 3.8) is 0 Å². The Labute approximate surface area is 226 Å². The molecule has 4 aliphatic rings. The smallest absolute Gasteiger partial charge is 0.337 e. The molecule has 3 saturated heterocycles. The van der Waals surface area contributed by atoms with E-state index in [2.05, 4.69) is 0 Å². The van der Waals surface area contributed by atoms with Gasteiger partial charge in [0.05, 0.1) is 25.3 Å². The summed E-state index contributed by atoms with van der Waals surface area (Å²) in [7, 11) is 1.29. The third kappa shape index (κ3) is 3.22. The Hall–Kier alpha value is -3.98. The summed E-state index contributed by atoms with van der Waals surface area (Å²) in [6, 6.07) is 17.6. The van der Waals surface area contributed by atoms with Crippen molar-refractivity contribution in [1.82, 2.24) is 9.80 Å². The number of amides is 1. The first kappa shape index (κ1) is 25.3. The minimum Gasteiger partial charge on any atom is -0.466 e. The normalized spacial score (nSPS) is 31.1. The molecule has 0 aliphatic carbocycles. The van der Waals surface area contributed by atoms with Crippen LogP contribution >= 0.6 is 0 Å². The average molecular weight is 531 g/mol. The average Bonchev–Trinajstić information content (AvgIpc) is 3.42. The van der Waals surface area contributed by atoms with E-state index in [0.717, 1.165) is 5.56 Å². The molecule has 202 valence electrons. The van der Waals surface area contributed by atoms with Crippen LogP contribution < -0.4 is 0 Å². The quantitative estimate of drug-likeness (QED) is 0.415. The van der Waals surface area contributed by atoms with E-state index in [1.807, 2.05) is 60.7 Å². The predicted octanol–water partition coefficient (Wildman–Crippen LogP) is 3.11. The number of nitrogens with zero attached hydrogens (tertiary/aromatic N) is 2. The van der Waals surface area contributed by atoms with Gasteiger partial charge in [-0.3, -0.25) is 19.3 Å². The van der Waals surface area contributed by atoms with Crippen molar-refractivity contribution in [2.24, 2.45) is 11.8 Å². The van der Waals surface area contributed by atoms with Crippen molar-refractivity contribution in [3.8, 4) is 0 Å². The van der Waals surface area contributed by atoms with E-state index in [-0.39, 0.29) is 30.9 Å². The molecule has 3 unspecified atom stereocenters. The number of methoxy groups -OCH3 is 1. The van der Waals surface area contributed by atoms with Crippen LogP contribution in [0.5, 0.6) is 0 Å². The highest BCUT2D eigenvalue weighted by Gasteiger charge is 2.84. The first-order valence-corrected chi connectivity index (χ1v) is 13.2. The predicted molar refractivity (Wildman–Crippen MR) is 137 cm³/mol. The number of esters is 2. The second kappa shape index (κ2) is 9.05. The number of ketones is 1. The van der Waals surface area contributed by atoms with Gasteiger partial charge in [0.2, 0.25) is 11.4 Å². The monoisotopic (exact) mass is 530 g/mol. The van der Waals surface area contributed by atoms with Crippen molar-refractivity contribution in [3.05, 3.63) is 83.1 Å². The van der Waals surface area contributed by atoms with Crippen LogP contribution in [0.4, 0.5) is 0 Å². The molecule has 39 heavy (non-hydrogen) atoms. The molecule has 2 aromatic carbocycles. The number of Topliss-reactive ketones (excluding diaryl/α,β-unsaturated/α-hetero) is 1. The maximum Gasteiger partial charge on any atom is 0.337 e. The summed E-state index contributed by atoms with van der Waals surface area (Å²) in [6.45, 7) is 3.78. The number of ether oxygens (including phenoxy) is 3. The standard InChI is InChI=1S/C30H30N2O7/c1-4-22(33)29-21-15-16-38-27(35)24(21)30(39-29)31(17-19-11-7-5-8-12-19)18(2)23(26(34)37-3)25(32(30)28(29)36)20-13-9-6-10-14-20/h5-14,21,24-25H,4,15-17H2,1-3H3/t21?,24?,25?,29-,30-/m0/s1. The van der Waals surface area contributed by atoms with Crippen molar-refractivity contribution in [2.45, 2.75) is 50.7 Å². The zero-order chi connectivity index (χ0) is 27.5. The van der Waals surface area contributed by atoms with Crippen LogP contribution in [0.15, 0.2) is 71.9 Å². The molecule has 9 nitrogen and oxygen atoms in total. The van der Waals surface area contributed by atoms with Crippen LogP contribution in [0.2, 0.25) is 0 Å². The number of hydrogen-bond acceptors (Lipinski definition) is 8. The molecule has 0 aromatic heterocycles. The Bertz CT molecular complexity index is 1390. The van der Waals surface area contributed by atoms with Crippen molar-refractivity contribution < 1.29 is 33.4 Å². The summed E-state index contributed by atoms with van der Waals surface area (Å²) in [5.41, 5.74) is 0.404. The van der Waals surface area contributed by atoms with Gasteiger partial charge in [0.25, 0.3) is 5.91 Å². The Morgan fingerprint density at radius 3 is 2.36 bits per heavy atom. The minimum atomic E-state index is -1.85. The van der Waals surface area contributed by atoms with E-state index in [1.165, 1.54) is 12.0 Å². The zero-order valence-electron chi connectivity index (χ0n) is 22.1. The summed E-state index contributed by atoms with van der Waals surface area (Å²) in [6.07, 6.45) is 0.379. The second-order valence-corrected chi connectivity index (χ2v) is 10.4. The molecule has 0 radical (unpaired) electrons. The number of fused-ring (bicyclic) bond motifs is 3. The zero-order valence-corrected chi connectivity index (χ0v) is 22.1. The molecule has 4 aliphatic heterocycles. The molecular formula is C30H30N2O7. The molecule has 2 aromatic rings. The van der Waals surface area contributed by atoms with Gasteiger partial charge in [-0.15, -0.1) is 0 Å². The third-order valence-electron chi connectivity index (χ3n) is 8.60. The first-order chi connectivity index (χ1) is 18.8. The maximum atomic E-state index is 14.7. The molecular weight excluding hydrogens is 500 g/mol. The van der Waals surface area contributed by atoms with Gasteiger partial charge in [-0.05, 0) is 24.5 Å². The van der Waals surface area contributed by atoms with E-state index >= 15 is 0 Å². The topological polar surface area (TPSA) is 102 Å². The highest BCUT2D eigenvalue weighted by Crippen LogP contribution is 2.65. The van der Waals surface area contributed by atoms with E-state index in [9.17, 15) is 19.2 Å². The first-order valence-electron chi connectivity index (χ1n) is 13.2. The molecule has 0 saturated carbocycles. The van der Waals surface area contributed by atoms with Crippen molar-refractivity contribution in [1.29, 1.82) is 0 Å². The molecule has 3 fully saturated rings. The second-order valence-electron chi connectivity index (χ2n) is 10.4. The highest BCUT2D eigenvalue weighted by molar-refractivity contribution is 6.14. The Morgan fingerprint density at radius 2 is 1.72 bits per heavy atom. The lowest BCUT2D eigenvalue weighted by Crippen LogP contribution is -2.71. The van der Waals surface area contributed by atoms with Crippen molar-refractivity contribution in [2.75, 3.05) is 13.7 Å². The van der Waals surface area contributed by atoms with Gasteiger partial charge in [0.1, 0.15) is 5.92 Å². The van der Waals surface area contributed by atoms with E-state index in [1.54, 1.807) is 18.7 Å². The third-order valence-corrected chi connectivity index (χ3v) is 8.60. The number of allylic oxidation sites excluding steroid dienone is 1. The van der Waals surface area contributed by atoms with Gasteiger partial charge in [-0.1, -0.05) is 67.6 Å². The molecule has 4 heterocycles. The summed E-state index contributed by atoms with van der Waals surface area (Å²) < 4.78 is 17.6. The number of hydrogen-bond donors (Lipinski definition) is 0. The van der Waals surface area contributed by atoms with Gasteiger partial charge in [-0.25, -0.2) is 4.79 Å². The van der Waals surface area contributed by atoms with E-state index < -0.39 is 47.2 Å². The van der Waals surface area contributed by atoms with Gasteiger partial charge in [0.15, 0.2) is 5.78 Å². The molecule has 9 heteroatoms. The van der Waals surface area contributed by atoms with Crippen LogP contribution in [-0.2, 0) is 39.9 Å². The molecule has 5 atom stereocenters. The molecule has 1 spiro atoms. The fraction of sp³-hybridized carbons (Fsp3) is 0.400. The number of piperidine rings is 1. The fourth-order valence-electron chi connectivity index (χ4n) is 6.99. The van der Waals surface area contributed by atoms with Gasteiger partial charge >= 0.3 is 11.9 Å². The summed E-state index contributed by atoms with van der Waals surface area (Å²) in [5, 5.41) is 0. The number of carbonyl (C=O) groups is 4. The Balaban J connectivity index is 1.68. The van der Waals surface area contributed by atoms with Crippen LogP contribution in [0.3, 0.4) is 0 Å². The van der Waals surface area contributed by atoms with Gasteiger partial charge < -0.3 is 19.1 Å². The highest BCUT2D eigenvalue weighted by atomic mass is 16.6. The molecule has 0 N–H and O–H groups in total. The minimum absolute atomic E-state index is 0.0545. The number of benzene rings is 2. The van der Waals surface area contributed by atoms with Crippen LogP contribution in [0.25, 0.3) is 0 Å². The molecule has 6 rings (SSSR count). The van der Waals surface area contributed by atoms with E-state index in [4.69, 9.17) is 14.2 Å². The lowest BCUT2D eigenvalue weighted by molar-refractivity contribution is -0.232. The largest absolute Gasteiger partial charge is 0.466 e. The van der Waals surface area contributed by atoms with Crippen LogP contribution in [0, 0.1) is 11.8 Å². The lowest BCUT2D eigenvalue weighted by atomic mass is 9.68. The summed E-state index contributed by atoms with van der Waals surface area (Å²) >= 11 is 0. The molecule has 2 bridgehead atoms. The van der Waals surface area contributed by atoms with Crippen molar-refractivity contribution >= 4 is 23.6 Å². The number of cyclic esters (lactones) is 1. The van der Waals surface area contributed by atoms with Crippen LogP contribution in [0.1, 0.15) is 43.9 Å². The SMILES string of the molecule is CCC(=O)[C@@]12O[C@@]3(C4C(=O)OCCC41)N(Cc1ccccc1)C(C)=C(C(=O)OC)C(c1ccccc1)N3C2=O. The lowest BCUT2D eigenvalue weighted by Gasteiger charge is -2.56. The van der Waals surface area contributed by atoms with Gasteiger partial charge in [0, 0.05) is 24.6 Å². The summed E-state index contributed by atoms with van der Waals surface area (Å²) in [5.74, 6) is -5.36. The Morgan fingerprint density at radius 1 is 1.05 bits per heavy atom. The number of rotatable bonds is 6.